The van der Waals surface area contributed by atoms with Gasteiger partial charge in [-0.05, 0) is 37.5 Å². The van der Waals surface area contributed by atoms with Crippen LogP contribution in [0.4, 0.5) is 0 Å². The molecule has 0 fully saturated rings. The third-order valence-corrected chi connectivity index (χ3v) is 5.11. The minimum atomic E-state index is 0.113. The summed E-state index contributed by atoms with van der Waals surface area (Å²) < 4.78 is 0. The highest BCUT2D eigenvalue weighted by atomic mass is 32.1. The van der Waals surface area contributed by atoms with Crippen LogP contribution in [0.15, 0.2) is 54.2 Å². The van der Waals surface area contributed by atoms with Gasteiger partial charge in [0.25, 0.3) is 0 Å². The van der Waals surface area contributed by atoms with E-state index in [1.807, 2.05) is 12.1 Å². The Balaban J connectivity index is 1.36. The Bertz CT molecular complexity index is 828. The first-order chi connectivity index (χ1) is 12.7. The maximum absolute atomic E-state index is 12.0. The normalized spacial score (nSPS) is 10.7. The molecule has 3 rings (SSSR count). The number of carbonyl (C=O) groups excluding carboxylic acids is 1. The molecular weight excluding hydrogens is 342 g/mol. The first-order valence-corrected chi connectivity index (χ1v) is 9.76. The first-order valence-electron chi connectivity index (χ1n) is 8.88. The van der Waals surface area contributed by atoms with Gasteiger partial charge < -0.3 is 5.32 Å². The molecule has 1 amide bonds. The summed E-state index contributed by atoms with van der Waals surface area (Å²) in [6.07, 6.45) is 6.67. The number of aryl methyl sites for hydroxylation is 2. The molecule has 0 saturated carbocycles. The first kappa shape index (κ1) is 18.3. The zero-order chi connectivity index (χ0) is 18.2. The molecule has 134 valence electrons. The van der Waals surface area contributed by atoms with Gasteiger partial charge in [0.1, 0.15) is 5.01 Å². The highest BCUT2D eigenvalue weighted by Gasteiger charge is 2.06. The molecule has 0 aliphatic carbocycles. The van der Waals surface area contributed by atoms with Crippen molar-refractivity contribution in [1.29, 1.82) is 0 Å². The van der Waals surface area contributed by atoms with E-state index < -0.39 is 0 Å². The Hall–Kier alpha value is -2.53. The average molecular weight is 366 g/mol. The van der Waals surface area contributed by atoms with Gasteiger partial charge >= 0.3 is 0 Å². The van der Waals surface area contributed by atoms with Crippen molar-refractivity contribution in [2.24, 2.45) is 0 Å². The fourth-order valence-electron chi connectivity index (χ4n) is 2.68. The van der Waals surface area contributed by atoms with Gasteiger partial charge in [-0.1, -0.05) is 29.8 Å². The number of thiazole rings is 1. The number of hydrogen-bond donors (Lipinski definition) is 1. The minimum Gasteiger partial charge on any atom is -0.356 e. The second kappa shape index (κ2) is 9.25. The number of pyridine rings is 1. The molecule has 0 bridgehead atoms. The van der Waals surface area contributed by atoms with Crippen LogP contribution in [-0.4, -0.2) is 22.4 Å². The summed E-state index contributed by atoms with van der Waals surface area (Å²) in [6.45, 7) is 2.71. The second-order valence-corrected chi connectivity index (χ2v) is 7.18. The summed E-state index contributed by atoms with van der Waals surface area (Å²) in [5.74, 6) is 0.113. The van der Waals surface area contributed by atoms with E-state index in [9.17, 15) is 4.79 Å². The Morgan fingerprint density at radius 3 is 2.62 bits per heavy atom. The highest BCUT2D eigenvalue weighted by molar-refractivity contribution is 7.13. The summed E-state index contributed by atoms with van der Waals surface area (Å²) in [7, 11) is 0. The Morgan fingerprint density at radius 2 is 1.85 bits per heavy atom. The molecule has 0 atom stereocenters. The van der Waals surface area contributed by atoms with Crippen molar-refractivity contribution >= 4 is 17.2 Å². The molecule has 0 aliphatic heterocycles. The van der Waals surface area contributed by atoms with Crippen molar-refractivity contribution in [2.45, 2.75) is 32.6 Å². The van der Waals surface area contributed by atoms with Crippen LogP contribution in [0.1, 0.15) is 29.7 Å². The predicted octanol–water partition coefficient (Wildman–Crippen LogP) is 4.20. The zero-order valence-electron chi connectivity index (χ0n) is 14.9. The van der Waals surface area contributed by atoms with E-state index in [0.29, 0.717) is 13.0 Å². The van der Waals surface area contributed by atoms with E-state index >= 15 is 0 Å². The van der Waals surface area contributed by atoms with Crippen LogP contribution in [-0.2, 0) is 17.6 Å². The number of hydrogen-bond acceptors (Lipinski definition) is 4. The van der Waals surface area contributed by atoms with Crippen molar-refractivity contribution in [3.05, 3.63) is 71.0 Å². The minimum absolute atomic E-state index is 0.113. The maximum Gasteiger partial charge on any atom is 0.220 e. The summed E-state index contributed by atoms with van der Waals surface area (Å²) in [6, 6.07) is 12.4. The summed E-state index contributed by atoms with van der Waals surface area (Å²) in [5, 5.41) is 6.04. The summed E-state index contributed by atoms with van der Waals surface area (Å²) in [5.41, 5.74) is 4.65. The number of aromatic nitrogens is 2. The molecule has 1 N–H and O–H groups in total. The van der Waals surface area contributed by atoms with Gasteiger partial charge in [0.15, 0.2) is 0 Å². The van der Waals surface area contributed by atoms with E-state index in [2.05, 4.69) is 51.9 Å². The quantitative estimate of drug-likeness (QED) is 0.651. The molecule has 3 aromatic rings. The lowest BCUT2D eigenvalue weighted by Gasteiger charge is -2.05. The fourth-order valence-corrected chi connectivity index (χ4v) is 3.54. The third-order valence-electron chi connectivity index (χ3n) is 4.17. The van der Waals surface area contributed by atoms with Gasteiger partial charge in [-0.3, -0.25) is 9.78 Å². The van der Waals surface area contributed by atoms with Gasteiger partial charge in [0.05, 0.1) is 5.69 Å². The van der Waals surface area contributed by atoms with Crippen LogP contribution in [0.3, 0.4) is 0 Å². The van der Waals surface area contributed by atoms with E-state index in [1.54, 1.807) is 23.7 Å². The van der Waals surface area contributed by atoms with Crippen LogP contribution in [0, 0.1) is 6.92 Å². The number of nitrogens with zero attached hydrogens (tertiary/aromatic N) is 2. The monoisotopic (exact) mass is 365 g/mol. The van der Waals surface area contributed by atoms with E-state index in [-0.39, 0.29) is 5.91 Å². The van der Waals surface area contributed by atoms with E-state index in [4.69, 9.17) is 0 Å². The number of nitrogens with one attached hydrogen (secondary N) is 1. The Kier molecular flexibility index (Phi) is 6.50. The molecule has 0 saturated heterocycles. The predicted molar refractivity (Wildman–Crippen MR) is 106 cm³/mol. The van der Waals surface area contributed by atoms with Gasteiger partial charge in [-0.25, -0.2) is 4.98 Å². The smallest absolute Gasteiger partial charge is 0.220 e. The molecule has 5 heteroatoms. The second-order valence-electron chi connectivity index (χ2n) is 6.32. The van der Waals surface area contributed by atoms with Crippen LogP contribution in [0.25, 0.3) is 10.6 Å². The van der Waals surface area contributed by atoms with E-state index in [0.717, 1.165) is 35.5 Å². The van der Waals surface area contributed by atoms with Gasteiger partial charge in [-0.15, -0.1) is 11.3 Å². The fraction of sp³-hybridized carbons (Fsp3) is 0.286. The molecule has 2 heterocycles. The van der Waals surface area contributed by atoms with Crippen molar-refractivity contribution in [3.8, 4) is 10.6 Å². The van der Waals surface area contributed by atoms with E-state index in [1.165, 1.54) is 11.1 Å². The molecule has 4 nitrogen and oxygen atoms in total. The standard InChI is InChI=1S/C21H23N3OS/c1-16-5-7-17(8-6-16)3-2-4-20(25)23-14-11-19-15-26-21(24-19)18-9-12-22-13-10-18/h5-10,12-13,15H,2-4,11,14H2,1H3,(H,23,25). The van der Waals surface area contributed by atoms with Crippen LogP contribution >= 0.6 is 11.3 Å². The SMILES string of the molecule is Cc1ccc(CCCC(=O)NCCc2csc(-c3ccncc3)n2)cc1. The zero-order valence-corrected chi connectivity index (χ0v) is 15.8. The van der Waals surface area contributed by atoms with Crippen molar-refractivity contribution in [3.63, 3.8) is 0 Å². The number of benzene rings is 1. The number of carbonyl (C=O) groups is 1. The highest BCUT2D eigenvalue weighted by Crippen LogP contribution is 2.22. The van der Waals surface area contributed by atoms with Crippen LogP contribution < -0.4 is 5.32 Å². The van der Waals surface area contributed by atoms with Crippen molar-refractivity contribution < 1.29 is 4.79 Å². The lowest BCUT2D eigenvalue weighted by Crippen LogP contribution is -2.25. The van der Waals surface area contributed by atoms with Crippen molar-refractivity contribution in [2.75, 3.05) is 6.54 Å². The van der Waals surface area contributed by atoms with Gasteiger partial charge in [0.2, 0.25) is 5.91 Å². The summed E-state index contributed by atoms with van der Waals surface area (Å²) in [4.78, 5) is 20.6. The molecule has 2 aromatic heterocycles. The van der Waals surface area contributed by atoms with Gasteiger partial charge in [0, 0.05) is 42.7 Å². The van der Waals surface area contributed by atoms with Crippen LogP contribution in [0.2, 0.25) is 0 Å². The molecule has 0 unspecified atom stereocenters. The topological polar surface area (TPSA) is 54.9 Å². The molecule has 26 heavy (non-hydrogen) atoms. The lowest BCUT2D eigenvalue weighted by molar-refractivity contribution is -0.121. The number of rotatable bonds is 8. The molecule has 0 radical (unpaired) electrons. The number of amides is 1. The molecule has 0 spiro atoms. The molecule has 1 aromatic carbocycles. The summed E-state index contributed by atoms with van der Waals surface area (Å²) >= 11 is 1.62. The third kappa shape index (κ3) is 5.49. The molecular formula is C21H23N3OS. The van der Waals surface area contributed by atoms with Gasteiger partial charge in [-0.2, -0.15) is 0 Å². The molecule has 0 aliphatic rings. The van der Waals surface area contributed by atoms with Crippen molar-refractivity contribution in [1.82, 2.24) is 15.3 Å². The average Bonchev–Trinajstić information content (AvgIpc) is 3.13. The lowest BCUT2D eigenvalue weighted by atomic mass is 10.1. The van der Waals surface area contributed by atoms with Crippen LogP contribution in [0.5, 0.6) is 0 Å². The maximum atomic E-state index is 12.0. The largest absolute Gasteiger partial charge is 0.356 e. The Labute approximate surface area is 158 Å². The Morgan fingerprint density at radius 1 is 1.08 bits per heavy atom.